The lowest BCUT2D eigenvalue weighted by atomic mass is 9.55. The monoisotopic (exact) mass is 678 g/mol. The standard InChI is InChI=1S/C40H46N4O2S2/c1-5-24-18-29-33(31(45)20-24)39(7-3,35-37(43-29)41-22-47-35)27-14-16-28(17-15-27)44-30-19-25(6-2)21-32(46)34(30)40(8-4,26-12-10-9-11-13-26)36-38(44)42-23-48-36/h9-10,12,14-17,22-25,30,34,43H,5-8,11,13,18-21H2,1-4H3/t24-,25+,30?,34?,39+,40+/m1/s1. The lowest BCUT2D eigenvalue weighted by molar-refractivity contribution is -0.129. The minimum atomic E-state index is -0.534. The third kappa shape index (κ3) is 4.47. The van der Waals surface area contributed by atoms with E-state index in [1.165, 1.54) is 10.5 Å². The number of benzene rings is 1. The van der Waals surface area contributed by atoms with Crippen molar-refractivity contribution in [3.63, 3.8) is 0 Å². The second-order valence-corrected chi connectivity index (χ2v) is 16.2. The third-order valence-electron chi connectivity index (χ3n) is 12.5. The molecule has 1 N–H and O–H groups in total. The van der Waals surface area contributed by atoms with Crippen molar-refractivity contribution in [3.8, 4) is 0 Å². The number of anilines is 3. The summed E-state index contributed by atoms with van der Waals surface area (Å²) in [4.78, 5) is 43.0. The fourth-order valence-electron chi connectivity index (χ4n) is 10.1. The Labute approximate surface area is 292 Å². The molecule has 1 aromatic carbocycles. The predicted octanol–water partition coefficient (Wildman–Crippen LogP) is 9.81. The van der Waals surface area contributed by atoms with Crippen LogP contribution >= 0.6 is 22.7 Å². The van der Waals surface area contributed by atoms with Crippen molar-refractivity contribution < 1.29 is 9.59 Å². The predicted molar refractivity (Wildman–Crippen MR) is 196 cm³/mol. The summed E-state index contributed by atoms with van der Waals surface area (Å²) in [6.07, 6.45) is 15.6. The molecular formula is C40H46N4O2S2. The number of hydrogen-bond donors (Lipinski definition) is 1. The molecular weight excluding hydrogens is 633 g/mol. The molecule has 2 aliphatic heterocycles. The van der Waals surface area contributed by atoms with Crippen molar-refractivity contribution in [2.24, 2.45) is 17.8 Å². The molecule has 1 fully saturated rings. The summed E-state index contributed by atoms with van der Waals surface area (Å²) in [5, 5.41) is 3.59. The number of Topliss-reactive ketones (excluding diaryl/α,β-unsaturated/α-hetero) is 2. The zero-order valence-corrected chi connectivity index (χ0v) is 30.2. The molecule has 6 atom stereocenters. The van der Waals surface area contributed by atoms with Crippen LogP contribution in [-0.4, -0.2) is 27.6 Å². The van der Waals surface area contributed by atoms with Crippen LogP contribution in [0.1, 0.15) is 107 Å². The molecule has 48 heavy (non-hydrogen) atoms. The topological polar surface area (TPSA) is 75.2 Å². The van der Waals surface area contributed by atoms with E-state index in [-0.39, 0.29) is 23.2 Å². The summed E-state index contributed by atoms with van der Waals surface area (Å²) < 4.78 is 0. The first-order chi connectivity index (χ1) is 23.4. The number of carbonyl (C=O) groups excluding carboxylic acids is 2. The van der Waals surface area contributed by atoms with Gasteiger partial charge >= 0.3 is 0 Å². The average Bonchev–Trinajstić information content (AvgIpc) is 3.81. The van der Waals surface area contributed by atoms with E-state index < -0.39 is 5.41 Å². The molecule has 4 heterocycles. The van der Waals surface area contributed by atoms with Crippen molar-refractivity contribution in [3.05, 3.63) is 85.7 Å². The fourth-order valence-corrected chi connectivity index (χ4v) is 12.3. The number of ketones is 2. The van der Waals surface area contributed by atoms with Gasteiger partial charge in [-0.05, 0) is 68.1 Å². The Morgan fingerprint density at radius 1 is 0.917 bits per heavy atom. The quantitative estimate of drug-likeness (QED) is 0.268. The Balaban J connectivity index is 1.27. The lowest BCUT2D eigenvalue weighted by Crippen LogP contribution is -2.59. The van der Waals surface area contributed by atoms with Gasteiger partial charge in [0, 0.05) is 41.3 Å². The minimum Gasteiger partial charge on any atom is -0.342 e. The van der Waals surface area contributed by atoms with Crippen LogP contribution in [0.2, 0.25) is 0 Å². The first-order valence-electron chi connectivity index (χ1n) is 18.1. The highest BCUT2D eigenvalue weighted by atomic mass is 32.1. The van der Waals surface area contributed by atoms with Crippen LogP contribution in [-0.2, 0) is 20.4 Å². The van der Waals surface area contributed by atoms with Gasteiger partial charge in [0.05, 0.1) is 32.1 Å². The number of nitrogens with zero attached hydrogens (tertiary/aromatic N) is 3. The second kappa shape index (κ2) is 12.2. The van der Waals surface area contributed by atoms with Gasteiger partial charge in [-0.1, -0.05) is 76.5 Å². The van der Waals surface area contributed by atoms with E-state index in [0.717, 1.165) is 90.4 Å². The van der Waals surface area contributed by atoms with E-state index in [0.29, 0.717) is 30.5 Å². The van der Waals surface area contributed by atoms with E-state index >= 15 is 0 Å². The maximum atomic E-state index is 14.4. The number of aromatic nitrogens is 2. The van der Waals surface area contributed by atoms with Crippen molar-refractivity contribution in [2.45, 2.75) is 109 Å². The van der Waals surface area contributed by atoms with E-state index in [1.54, 1.807) is 22.7 Å². The highest BCUT2D eigenvalue weighted by Gasteiger charge is 2.59. The summed E-state index contributed by atoms with van der Waals surface area (Å²) in [6, 6.07) is 9.00. The van der Waals surface area contributed by atoms with E-state index in [9.17, 15) is 9.59 Å². The van der Waals surface area contributed by atoms with Gasteiger partial charge in [0.2, 0.25) is 0 Å². The number of thiazole rings is 2. The number of allylic oxidation sites excluding steroid dienone is 6. The van der Waals surface area contributed by atoms with Crippen LogP contribution in [0.3, 0.4) is 0 Å². The molecule has 250 valence electrons. The minimum absolute atomic E-state index is 0.0377. The molecule has 6 nitrogen and oxygen atoms in total. The van der Waals surface area contributed by atoms with Gasteiger partial charge in [-0.25, -0.2) is 9.97 Å². The normalized spacial score (nSPS) is 31.1. The van der Waals surface area contributed by atoms with Crippen molar-refractivity contribution in [2.75, 3.05) is 10.2 Å². The third-order valence-corrected chi connectivity index (χ3v) is 14.5. The van der Waals surface area contributed by atoms with Gasteiger partial charge in [0.1, 0.15) is 17.4 Å². The molecule has 0 radical (unpaired) electrons. The molecule has 3 aromatic rings. The number of hydrogen-bond acceptors (Lipinski definition) is 8. The smallest absolute Gasteiger partial charge is 0.162 e. The molecule has 2 unspecified atom stereocenters. The van der Waals surface area contributed by atoms with Gasteiger partial charge in [-0.15, -0.1) is 22.7 Å². The van der Waals surface area contributed by atoms with E-state index in [2.05, 4.69) is 80.4 Å². The lowest BCUT2D eigenvalue weighted by Gasteiger charge is -2.55. The highest BCUT2D eigenvalue weighted by molar-refractivity contribution is 7.10. The van der Waals surface area contributed by atoms with Gasteiger partial charge in [0.15, 0.2) is 5.78 Å². The van der Waals surface area contributed by atoms with E-state index in [4.69, 9.17) is 9.97 Å². The van der Waals surface area contributed by atoms with Crippen LogP contribution in [0, 0.1) is 17.8 Å². The molecule has 0 bridgehead atoms. The molecule has 3 aliphatic carbocycles. The number of rotatable bonds is 7. The number of nitrogens with one attached hydrogen (secondary N) is 1. The van der Waals surface area contributed by atoms with Crippen molar-refractivity contribution in [1.82, 2.24) is 9.97 Å². The largest absolute Gasteiger partial charge is 0.342 e. The van der Waals surface area contributed by atoms with E-state index in [1.807, 2.05) is 11.0 Å². The molecule has 5 aliphatic rings. The van der Waals surface area contributed by atoms with Crippen LogP contribution < -0.4 is 10.2 Å². The molecule has 0 spiro atoms. The molecule has 2 aromatic heterocycles. The maximum Gasteiger partial charge on any atom is 0.162 e. The summed E-state index contributed by atoms with van der Waals surface area (Å²) in [7, 11) is 0. The second-order valence-electron chi connectivity index (χ2n) is 14.5. The van der Waals surface area contributed by atoms with Crippen molar-refractivity contribution in [1.29, 1.82) is 0 Å². The molecule has 8 heteroatoms. The fraction of sp³-hybridized carbons (Fsp3) is 0.500. The molecule has 8 rings (SSSR count). The first kappa shape index (κ1) is 31.9. The zero-order valence-electron chi connectivity index (χ0n) is 28.6. The molecule has 0 amide bonds. The Kier molecular flexibility index (Phi) is 8.10. The summed E-state index contributed by atoms with van der Waals surface area (Å²) in [5.74, 6) is 3.21. The average molecular weight is 679 g/mol. The van der Waals surface area contributed by atoms with Crippen LogP contribution in [0.5, 0.6) is 0 Å². The zero-order chi connectivity index (χ0) is 33.2. The maximum absolute atomic E-state index is 14.4. The van der Waals surface area contributed by atoms with Crippen molar-refractivity contribution >= 4 is 51.6 Å². The highest BCUT2D eigenvalue weighted by Crippen LogP contribution is 2.60. The Bertz CT molecular complexity index is 1850. The van der Waals surface area contributed by atoms with Gasteiger partial charge < -0.3 is 10.2 Å². The molecule has 0 saturated heterocycles. The SMILES string of the molecule is CC[C@@H]1CC(=O)C2C(C1)N(c1ccc([C@@]3(CC)C4=C(C[C@@H](CC)CC4=O)Nc4ncsc43)cc1)c1ncsc1[C@@]2(CC)C1=CC=CCC1. The summed E-state index contributed by atoms with van der Waals surface area (Å²) in [6.45, 7) is 8.90. The van der Waals surface area contributed by atoms with Crippen LogP contribution in [0.4, 0.5) is 17.3 Å². The van der Waals surface area contributed by atoms with Crippen LogP contribution in [0.25, 0.3) is 0 Å². The number of carbonyl (C=O) groups is 2. The Hall–Kier alpha value is -3.36. The van der Waals surface area contributed by atoms with Gasteiger partial charge in [-0.3, -0.25) is 9.59 Å². The Morgan fingerprint density at radius 2 is 1.69 bits per heavy atom. The summed E-state index contributed by atoms with van der Waals surface area (Å²) in [5.41, 5.74) is 8.66. The van der Waals surface area contributed by atoms with Crippen LogP contribution in [0.15, 0.2) is 70.4 Å². The summed E-state index contributed by atoms with van der Waals surface area (Å²) >= 11 is 3.37. The first-order valence-corrected chi connectivity index (χ1v) is 19.9. The Morgan fingerprint density at radius 3 is 2.40 bits per heavy atom. The molecule has 1 saturated carbocycles. The van der Waals surface area contributed by atoms with Gasteiger partial charge in [0.25, 0.3) is 0 Å². The number of fused-ring (bicyclic) bond motifs is 3. The van der Waals surface area contributed by atoms with Gasteiger partial charge in [-0.2, -0.15) is 0 Å².